The van der Waals surface area contributed by atoms with Crippen LogP contribution in [0.15, 0.2) is 29.0 Å². The number of hydrogen-bond donors (Lipinski definition) is 1. The molecule has 0 aliphatic carbocycles. The highest BCUT2D eigenvalue weighted by molar-refractivity contribution is 9.10. The van der Waals surface area contributed by atoms with Gasteiger partial charge in [0, 0.05) is 35.4 Å². The molecule has 1 N–H and O–H groups in total. The van der Waals surface area contributed by atoms with Crippen molar-refractivity contribution >= 4 is 38.6 Å². The summed E-state index contributed by atoms with van der Waals surface area (Å²) in [7, 11) is 0. The fraction of sp³-hybridized carbons (Fsp3) is 0.438. The van der Waals surface area contributed by atoms with E-state index in [1.807, 2.05) is 17.0 Å². The smallest absolute Gasteiger partial charge is 0.225 e. The van der Waals surface area contributed by atoms with Crippen LogP contribution in [0, 0.1) is 0 Å². The van der Waals surface area contributed by atoms with Crippen molar-refractivity contribution in [3.05, 3.63) is 29.0 Å². The van der Waals surface area contributed by atoms with Gasteiger partial charge < -0.3 is 10.2 Å². The molecular weight excluding hydrogens is 344 g/mol. The van der Waals surface area contributed by atoms with E-state index in [0.29, 0.717) is 13.0 Å². The highest BCUT2D eigenvalue weighted by atomic mass is 79.9. The van der Waals surface area contributed by atoms with Crippen molar-refractivity contribution in [1.82, 2.24) is 14.9 Å². The Hall–Kier alpha value is -1.69. The van der Waals surface area contributed by atoms with E-state index < -0.39 is 0 Å². The first kappa shape index (κ1) is 15.2. The predicted molar refractivity (Wildman–Crippen MR) is 90.7 cm³/mol. The van der Waals surface area contributed by atoms with Gasteiger partial charge in [-0.05, 0) is 48.8 Å². The second kappa shape index (κ2) is 5.50. The van der Waals surface area contributed by atoms with Gasteiger partial charge in [0.2, 0.25) is 5.91 Å². The number of pyridine rings is 2. The van der Waals surface area contributed by atoms with Crippen LogP contribution in [-0.4, -0.2) is 38.9 Å². The maximum Gasteiger partial charge on any atom is 0.225 e. The molecular formula is C16H19BrN4O. The topological polar surface area (TPSA) is 58.1 Å². The number of nitrogens with one attached hydrogen (secondary N) is 1. The van der Waals surface area contributed by atoms with E-state index in [-0.39, 0.29) is 17.5 Å². The standard InChI is InChI=1S/C16H19BrN4O/c1-16(2,3)21-9-11(7-14(21)22)20-12-4-5-18-13-6-10(17)8-19-15(12)13/h4-6,8,11H,7,9H2,1-3H3,(H,18,20). The van der Waals surface area contributed by atoms with Crippen molar-refractivity contribution < 1.29 is 4.79 Å². The molecule has 0 aromatic carbocycles. The van der Waals surface area contributed by atoms with Gasteiger partial charge in [0.25, 0.3) is 0 Å². The Kier molecular flexibility index (Phi) is 3.80. The van der Waals surface area contributed by atoms with E-state index in [0.717, 1.165) is 21.2 Å². The number of amides is 1. The highest BCUT2D eigenvalue weighted by Gasteiger charge is 2.36. The van der Waals surface area contributed by atoms with Crippen molar-refractivity contribution in [2.75, 3.05) is 11.9 Å². The molecule has 22 heavy (non-hydrogen) atoms. The number of fused-ring (bicyclic) bond motifs is 1. The third-order valence-electron chi connectivity index (χ3n) is 3.84. The molecule has 5 nitrogen and oxygen atoms in total. The summed E-state index contributed by atoms with van der Waals surface area (Å²) in [6.45, 7) is 6.90. The molecule has 1 amide bonds. The Labute approximate surface area is 138 Å². The summed E-state index contributed by atoms with van der Waals surface area (Å²) in [4.78, 5) is 22.9. The number of likely N-dealkylation sites (tertiary alicyclic amines) is 1. The van der Waals surface area contributed by atoms with E-state index in [1.54, 1.807) is 12.4 Å². The molecule has 1 fully saturated rings. The number of nitrogens with zero attached hydrogens (tertiary/aromatic N) is 3. The minimum absolute atomic E-state index is 0.0998. The SMILES string of the molecule is CC(C)(C)N1CC(Nc2ccnc3cc(Br)cnc23)CC1=O. The zero-order chi connectivity index (χ0) is 15.9. The summed E-state index contributed by atoms with van der Waals surface area (Å²) < 4.78 is 0.902. The summed E-state index contributed by atoms with van der Waals surface area (Å²) in [5.74, 6) is 0.194. The zero-order valence-electron chi connectivity index (χ0n) is 12.9. The lowest BCUT2D eigenvalue weighted by molar-refractivity contribution is -0.131. The number of aromatic nitrogens is 2. The number of carbonyl (C=O) groups is 1. The zero-order valence-corrected chi connectivity index (χ0v) is 14.5. The molecule has 0 spiro atoms. The molecule has 0 bridgehead atoms. The molecule has 6 heteroatoms. The minimum Gasteiger partial charge on any atom is -0.378 e. The van der Waals surface area contributed by atoms with Crippen LogP contribution in [0.5, 0.6) is 0 Å². The molecule has 1 aliphatic heterocycles. The molecule has 2 aromatic rings. The van der Waals surface area contributed by atoms with Crippen LogP contribution in [0.25, 0.3) is 11.0 Å². The normalized spacial score (nSPS) is 19.0. The average Bonchev–Trinajstić information content (AvgIpc) is 2.79. The highest BCUT2D eigenvalue weighted by Crippen LogP contribution is 2.27. The summed E-state index contributed by atoms with van der Waals surface area (Å²) in [5.41, 5.74) is 2.44. The number of anilines is 1. The molecule has 1 aliphatic rings. The van der Waals surface area contributed by atoms with Gasteiger partial charge >= 0.3 is 0 Å². The lowest BCUT2D eigenvalue weighted by atomic mass is 10.1. The van der Waals surface area contributed by atoms with Gasteiger partial charge in [0.15, 0.2) is 0 Å². The molecule has 3 heterocycles. The van der Waals surface area contributed by atoms with Gasteiger partial charge in [0.1, 0.15) is 5.52 Å². The largest absolute Gasteiger partial charge is 0.378 e. The number of carbonyl (C=O) groups excluding carboxylic acids is 1. The molecule has 1 atom stereocenters. The predicted octanol–water partition coefficient (Wildman–Crippen LogP) is 3.20. The lowest BCUT2D eigenvalue weighted by Crippen LogP contribution is -2.43. The van der Waals surface area contributed by atoms with Crippen molar-refractivity contribution in [2.45, 2.75) is 38.8 Å². The molecule has 0 saturated carbocycles. The van der Waals surface area contributed by atoms with Crippen LogP contribution in [0.1, 0.15) is 27.2 Å². The summed E-state index contributed by atoms with van der Waals surface area (Å²) >= 11 is 3.41. The van der Waals surface area contributed by atoms with Gasteiger partial charge in [-0.25, -0.2) is 0 Å². The molecule has 3 rings (SSSR count). The second-order valence-electron chi connectivity index (χ2n) is 6.60. The van der Waals surface area contributed by atoms with E-state index in [2.05, 4.69) is 52.0 Å². The monoisotopic (exact) mass is 362 g/mol. The van der Waals surface area contributed by atoms with E-state index in [1.165, 1.54) is 0 Å². The average molecular weight is 363 g/mol. The van der Waals surface area contributed by atoms with E-state index in [9.17, 15) is 4.79 Å². The fourth-order valence-corrected chi connectivity index (χ4v) is 3.11. The third-order valence-corrected chi connectivity index (χ3v) is 4.27. The minimum atomic E-state index is -0.142. The van der Waals surface area contributed by atoms with Crippen LogP contribution < -0.4 is 5.32 Å². The molecule has 0 radical (unpaired) electrons. The van der Waals surface area contributed by atoms with Crippen molar-refractivity contribution in [2.24, 2.45) is 0 Å². The Bertz CT molecular complexity index is 726. The Morgan fingerprint density at radius 1 is 1.36 bits per heavy atom. The van der Waals surface area contributed by atoms with Crippen molar-refractivity contribution in [1.29, 1.82) is 0 Å². The number of hydrogen-bond acceptors (Lipinski definition) is 4. The van der Waals surface area contributed by atoms with Crippen LogP contribution in [0.3, 0.4) is 0 Å². The van der Waals surface area contributed by atoms with Crippen molar-refractivity contribution in [3.8, 4) is 0 Å². The lowest BCUT2D eigenvalue weighted by Gasteiger charge is -2.32. The molecule has 2 aromatic heterocycles. The fourth-order valence-electron chi connectivity index (χ4n) is 2.79. The van der Waals surface area contributed by atoms with E-state index in [4.69, 9.17) is 0 Å². The maximum absolute atomic E-state index is 12.2. The van der Waals surface area contributed by atoms with Crippen LogP contribution in [0.2, 0.25) is 0 Å². The Balaban J connectivity index is 1.84. The maximum atomic E-state index is 12.2. The quantitative estimate of drug-likeness (QED) is 0.890. The number of rotatable bonds is 2. The van der Waals surface area contributed by atoms with Gasteiger partial charge in [0.05, 0.1) is 17.2 Å². The Morgan fingerprint density at radius 2 is 2.14 bits per heavy atom. The number of halogens is 1. The second-order valence-corrected chi connectivity index (χ2v) is 7.52. The summed E-state index contributed by atoms with van der Waals surface area (Å²) in [6, 6.07) is 3.95. The first-order chi connectivity index (χ1) is 10.3. The summed E-state index contributed by atoms with van der Waals surface area (Å²) in [5, 5.41) is 3.46. The van der Waals surface area contributed by atoms with Gasteiger partial charge in [-0.15, -0.1) is 0 Å². The van der Waals surface area contributed by atoms with Crippen LogP contribution >= 0.6 is 15.9 Å². The molecule has 1 saturated heterocycles. The Morgan fingerprint density at radius 3 is 2.82 bits per heavy atom. The first-order valence-electron chi connectivity index (χ1n) is 7.32. The van der Waals surface area contributed by atoms with Crippen LogP contribution in [-0.2, 0) is 4.79 Å². The van der Waals surface area contributed by atoms with Crippen LogP contribution in [0.4, 0.5) is 5.69 Å². The molecule has 1 unspecified atom stereocenters. The third kappa shape index (κ3) is 2.92. The van der Waals surface area contributed by atoms with E-state index >= 15 is 0 Å². The van der Waals surface area contributed by atoms with Gasteiger partial charge in [-0.1, -0.05) is 0 Å². The van der Waals surface area contributed by atoms with Crippen molar-refractivity contribution in [3.63, 3.8) is 0 Å². The van der Waals surface area contributed by atoms with Gasteiger partial charge in [-0.2, -0.15) is 0 Å². The molecule has 116 valence electrons. The van der Waals surface area contributed by atoms with Gasteiger partial charge in [-0.3, -0.25) is 14.8 Å². The first-order valence-corrected chi connectivity index (χ1v) is 8.11. The summed E-state index contributed by atoms with van der Waals surface area (Å²) in [6.07, 6.45) is 4.03.